The molecule has 6 atom stereocenters. The minimum Gasteiger partial charge on any atom is -0.463 e. The lowest BCUT2D eigenvalue weighted by Gasteiger charge is -2.45. The molecule has 2 N–H and O–H groups in total. The van der Waals surface area contributed by atoms with Gasteiger partial charge in [0.15, 0.2) is 18.3 Å². The molecule has 45 heavy (non-hydrogen) atoms. The van der Waals surface area contributed by atoms with Crippen LogP contribution in [0.4, 0.5) is 0 Å². The van der Waals surface area contributed by atoms with Crippen LogP contribution in [0.15, 0.2) is 60.7 Å². The maximum atomic E-state index is 11.7. The van der Waals surface area contributed by atoms with E-state index < -0.39 is 67.1 Å². The van der Waals surface area contributed by atoms with Crippen LogP contribution in [-0.4, -0.2) is 97.1 Å². The molecule has 1 heterocycles. The average molecular weight is 635 g/mol. The molecule has 3 rings (SSSR count). The molecule has 0 saturated carbocycles. The van der Waals surface area contributed by atoms with Crippen molar-refractivity contribution in [3.05, 3.63) is 71.8 Å². The Bertz CT molecular complexity index is 1130. The van der Waals surface area contributed by atoms with Gasteiger partial charge in [-0.1, -0.05) is 60.7 Å². The van der Waals surface area contributed by atoms with E-state index in [1.807, 2.05) is 36.4 Å². The largest absolute Gasteiger partial charge is 0.463 e. The van der Waals surface area contributed by atoms with Gasteiger partial charge in [0.2, 0.25) is 0 Å². The average Bonchev–Trinajstić information content (AvgIpc) is 2.99. The maximum absolute atomic E-state index is 11.7. The lowest BCUT2D eigenvalue weighted by Crippen LogP contribution is -2.65. The molecule has 0 aromatic heterocycles. The summed E-state index contributed by atoms with van der Waals surface area (Å²) in [4.78, 5) is 46.2. The van der Waals surface area contributed by atoms with Crippen LogP contribution in [0.5, 0.6) is 0 Å². The summed E-state index contributed by atoms with van der Waals surface area (Å²) >= 11 is 0. The molecule has 0 radical (unpaired) electrons. The second-order valence-corrected chi connectivity index (χ2v) is 9.99. The first-order valence-electron chi connectivity index (χ1n) is 14.3. The molecule has 13 nitrogen and oxygen atoms in total. The Morgan fingerprint density at radius 2 is 1.20 bits per heavy atom. The number of hydrogen-bond acceptors (Lipinski definition) is 13. The van der Waals surface area contributed by atoms with Crippen LogP contribution in [0, 0.1) is 0 Å². The van der Waals surface area contributed by atoms with E-state index in [4.69, 9.17) is 38.3 Å². The molecule has 1 fully saturated rings. The molecule has 1 aliphatic rings. The molecule has 2 aromatic carbocycles. The van der Waals surface area contributed by atoms with Gasteiger partial charge in [-0.2, -0.15) is 0 Å². The minimum absolute atomic E-state index is 0.0671. The zero-order valence-electron chi connectivity index (χ0n) is 25.9. The summed E-state index contributed by atoms with van der Waals surface area (Å²) in [6.07, 6.45) is -7.84. The third kappa shape index (κ3) is 14.2. The fourth-order valence-electron chi connectivity index (χ4n) is 4.37. The van der Waals surface area contributed by atoms with Crippen LogP contribution in [0.25, 0.3) is 0 Å². The summed E-state index contributed by atoms with van der Waals surface area (Å²) in [6, 6.07) is 20.4. The van der Waals surface area contributed by atoms with Crippen molar-refractivity contribution in [2.45, 2.75) is 77.5 Å². The molecule has 1 saturated heterocycles. The highest BCUT2D eigenvalue weighted by Crippen LogP contribution is 2.31. The molecule has 248 valence electrons. The Morgan fingerprint density at radius 3 is 1.67 bits per heavy atom. The quantitative estimate of drug-likeness (QED) is 0.175. The van der Waals surface area contributed by atoms with Crippen molar-refractivity contribution in [3.63, 3.8) is 0 Å². The van der Waals surface area contributed by atoms with E-state index in [1.54, 1.807) is 0 Å². The topological polar surface area (TPSA) is 173 Å². The predicted molar refractivity (Wildman–Crippen MR) is 157 cm³/mol. The lowest BCUT2D eigenvalue weighted by molar-refractivity contribution is -0.268. The fourth-order valence-corrected chi connectivity index (χ4v) is 4.37. The van der Waals surface area contributed by atoms with Crippen LogP contribution >= 0.6 is 0 Å². The Hall–Kier alpha value is -3.88. The van der Waals surface area contributed by atoms with Crippen molar-refractivity contribution in [1.82, 2.24) is 0 Å². The number of carbonyl (C=O) groups excluding carboxylic acids is 4. The second-order valence-electron chi connectivity index (χ2n) is 9.99. The Balaban J connectivity index is 0.000000388. The van der Waals surface area contributed by atoms with Crippen molar-refractivity contribution < 1.29 is 62.5 Å². The Kier molecular flexibility index (Phi) is 16.8. The van der Waals surface area contributed by atoms with Gasteiger partial charge in [0.1, 0.15) is 24.9 Å². The second kappa shape index (κ2) is 20.2. The first kappa shape index (κ1) is 37.3. The number of esters is 4. The summed E-state index contributed by atoms with van der Waals surface area (Å²) in [5.74, 6) is -2.93. The van der Waals surface area contributed by atoms with E-state index in [0.29, 0.717) is 13.2 Å². The molecule has 13 heteroatoms. The van der Waals surface area contributed by atoms with E-state index in [0.717, 1.165) is 27.7 Å². The van der Waals surface area contributed by atoms with Crippen molar-refractivity contribution in [2.75, 3.05) is 26.4 Å². The Morgan fingerprint density at radius 1 is 0.711 bits per heavy atom. The minimum atomic E-state index is -1.39. The third-order valence-electron chi connectivity index (χ3n) is 6.15. The van der Waals surface area contributed by atoms with Gasteiger partial charge in [-0.05, 0) is 11.1 Å². The van der Waals surface area contributed by atoms with Gasteiger partial charge in [-0.25, -0.2) is 0 Å². The van der Waals surface area contributed by atoms with Gasteiger partial charge < -0.3 is 43.4 Å². The third-order valence-corrected chi connectivity index (χ3v) is 6.15. The van der Waals surface area contributed by atoms with E-state index in [1.165, 1.54) is 11.1 Å². The van der Waals surface area contributed by atoms with Gasteiger partial charge in [-0.3, -0.25) is 19.2 Å². The smallest absolute Gasteiger partial charge is 0.303 e. The van der Waals surface area contributed by atoms with Crippen LogP contribution in [0.2, 0.25) is 0 Å². The zero-order valence-corrected chi connectivity index (χ0v) is 25.9. The number of ether oxygens (including phenoxy) is 7. The maximum Gasteiger partial charge on any atom is 0.303 e. The summed E-state index contributed by atoms with van der Waals surface area (Å²) in [5.41, 5.74) is 2.43. The van der Waals surface area contributed by atoms with E-state index in [2.05, 4.69) is 24.3 Å². The molecule has 0 aliphatic carbocycles. The standard InChI is InChI=1S/C18H28O12.C14H14O/c1-9(20)26-8-14-16(27-10(2)21)18(29-12(4)23)17(28-11(3)22)15(30-14)13(24)7-25-6-5-19;1-3-7-13(8-4-1)11-15-12-14-9-5-2-6-10-14/h13-19,24H,5-8H2,1-4H3;1-10H,11-12H2/t13?,14-,15+,16-,17+,18+;/m1./s1. The first-order chi connectivity index (χ1) is 21.5. The molecule has 0 bridgehead atoms. The van der Waals surface area contributed by atoms with Crippen molar-refractivity contribution >= 4 is 23.9 Å². The number of rotatable bonds is 14. The molecular formula is C32H42O13. The number of aliphatic hydroxyl groups excluding tert-OH is 2. The molecule has 1 aliphatic heterocycles. The Labute approximate surface area is 262 Å². The van der Waals surface area contributed by atoms with E-state index >= 15 is 0 Å². The first-order valence-corrected chi connectivity index (χ1v) is 14.3. The van der Waals surface area contributed by atoms with E-state index in [-0.39, 0.29) is 19.8 Å². The van der Waals surface area contributed by atoms with Gasteiger partial charge in [0.25, 0.3) is 0 Å². The molecule has 0 spiro atoms. The van der Waals surface area contributed by atoms with Crippen molar-refractivity contribution in [3.8, 4) is 0 Å². The van der Waals surface area contributed by atoms with Crippen molar-refractivity contribution in [2.24, 2.45) is 0 Å². The zero-order chi connectivity index (χ0) is 33.2. The van der Waals surface area contributed by atoms with Crippen LogP contribution in [0.3, 0.4) is 0 Å². The highest BCUT2D eigenvalue weighted by Gasteiger charge is 2.54. The van der Waals surface area contributed by atoms with Crippen LogP contribution in [-0.2, 0) is 65.5 Å². The number of carbonyl (C=O) groups is 4. The predicted octanol–water partition coefficient (Wildman–Crippen LogP) is 1.89. The number of benzene rings is 2. The lowest BCUT2D eigenvalue weighted by atomic mass is 9.91. The number of aliphatic hydroxyl groups is 2. The highest BCUT2D eigenvalue weighted by molar-refractivity contribution is 5.68. The molecule has 1 unspecified atom stereocenters. The summed E-state index contributed by atoms with van der Waals surface area (Å²) in [5, 5.41) is 19.3. The highest BCUT2D eigenvalue weighted by atomic mass is 16.7. The monoisotopic (exact) mass is 634 g/mol. The molecular weight excluding hydrogens is 592 g/mol. The summed E-state index contributed by atoms with van der Waals surface area (Å²) < 4.78 is 37.1. The van der Waals surface area contributed by atoms with Gasteiger partial charge >= 0.3 is 23.9 Å². The SMILES string of the molecule is CC(=O)OC[C@H]1O[C@@H](C(O)COCCO)[C@H](OC(C)=O)[C@@H](OC(C)=O)[C@@H]1OC(C)=O.c1ccc(COCc2ccccc2)cc1. The van der Waals surface area contributed by atoms with Gasteiger partial charge in [-0.15, -0.1) is 0 Å². The number of hydrogen-bond donors (Lipinski definition) is 2. The summed E-state index contributed by atoms with van der Waals surface area (Å²) in [7, 11) is 0. The van der Waals surface area contributed by atoms with Crippen molar-refractivity contribution in [1.29, 1.82) is 0 Å². The molecule has 0 amide bonds. The normalized spacial score (nSPS) is 21.3. The summed E-state index contributed by atoms with van der Waals surface area (Å²) in [6.45, 7) is 4.76. The van der Waals surface area contributed by atoms with Gasteiger partial charge in [0.05, 0.1) is 33.0 Å². The fraction of sp³-hybridized carbons (Fsp3) is 0.500. The molecule has 2 aromatic rings. The van der Waals surface area contributed by atoms with Gasteiger partial charge in [0, 0.05) is 27.7 Å². The van der Waals surface area contributed by atoms with Crippen LogP contribution < -0.4 is 0 Å². The van der Waals surface area contributed by atoms with Crippen LogP contribution in [0.1, 0.15) is 38.8 Å². The van der Waals surface area contributed by atoms with E-state index in [9.17, 15) is 24.3 Å².